The van der Waals surface area contributed by atoms with Crippen molar-refractivity contribution in [3.63, 3.8) is 0 Å². The second-order valence-electron chi connectivity index (χ2n) is 2.57. The lowest BCUT2D eigenvalue weighted by atomic mass is 10.2. The molecule has 1 aromatic heterocycles. The maximum atomic E-state index is 12.0. The van der Waals surface area contributed by atoms with Crippen molar-refractivity contribution in [1.82, 2.24) is 4.98 Å². The van der Waals surface area contributed by atoms with Crippen LogP contribution in [0.2, 0.25) is 0 Å². The minimum Gasteiger partial charge on any atom is -0.330 e. The lowest BCUT2D eigenvalue weighted by Crippen LogP contribution is -2.08. The first kappa shape index (κ1) is 13.2. The number of hydrogen-bond donors (Lipinski definition) is 1. The van der Waals surface area contributed by atoms with Gasteiger partial charge in [0.05, 0.1) is 5.56 Å². The molecule has 0 saturated heterocycles. The molecule has 0 atom stereocenters. The minimum absolute atomic E-state index is 0. The van der Waals surface area contributed by atoms with Gasteiger partial charge >= 0.3 is 6.18 Å². The summed E-state index contributed by atoms with van der Waals surface area (Å²) < 4.78 is 36.1. The maximum Gasteiger partial charge on any atom is 0.417 e. The van der Waals surface area contributed by atoms with E-state index < -0.39 is 11.7 Å². The van der Waals surface area contributed by atoms with Crippen molar-refractivity contribution in [3.05, 3.63) is 29.6 Å². The zero-order valence-electron chi connectivity index (χ0n) is 7.21. The molecule has 2 N–H and O–H groups in total. The molecule has 1 aromatic rings. The molecule has 0 aliphatic carbocycles. The van der Waals surface area contributed by atoms with Crippen LogP contribution >= 0.6 is 12.4 Å². The van der Waals surface area contributed by atoms with Crippen molar-refractivity contribution in [2.24, 2.45) is 5.73 Å². The molecular formula is C8H10ClF3N2. The zero-order chi connectivity index (χ0) is 9.90. The Morgan fingerprint density at radius 2 is 1.93 bits per heavy atom. The highest BCUT2D eigenvalue weighted by molar-refractivity contribution is 5.85. The zero-order valence-corrected chi connectivity index (χ0v) is 8.03. The average molecular weight is 227 g/mol. The third-order valence-electron chi connectivity index (χ3n) is 1.55. The molecule has 1 heterocycles. The van der Waals surface area contributed by atoms with Gasteiger partial charge in [-0.15, -0.1) is 12.4 Å². The molecule has 0 fully saturated rings. The monoisotopic (exact) mass is 226 g/mol. The normalized spacial score (nSPS) is 10.9. The van der Waals surface area contributed by atoms with Crippen molar-refractivity contribution in [3.8, 4) is 0 Å². The molecule has 0 spiro atoms. The molecule has 0 aromatic carbocycles. The lowest BCUT2D eigenvalue weighted by molar-refractivity contribution is -0.137. The smallest absolute Gasteiger partial charge is 0.330 e. The van der Waals surface area contributed by atoms with E-state index in [-0.39, 0.29) is 12.4 Å². The van der Waals surface area contributed by atoms with E-state index in [1.54, 1.807) is 0 Å². The first-order chi connectivity index (χ1) is 6.04. The van der Waals surface area contributed by atoms with Gasteiger partial charge in [0.2, 0.25) is 0 Å². The van der Waals surface area contributed by atoms with E-state index >= 15 is 0 Å². The Bertz CT molecular complexity index is 271. The van der Waals surface area contributed by atoms with Crippen LogP contribution in [0, 0.1) is 0 Å². The number of aromatic nitrogens is 1. The van der Waals surface area contributed by atoms with E-state index in [2.05, 4.69) is 4.98 Å². The molecule has 6 heteroatoms. The van der Waals surface area contributed by atoms with E-state index in [0.717, 1.165) is 12.3 Å². The van der Waals surface area contributed by atoms with Crippen molar-refractivity contribution in [2.75, 3.05) is 6.54 Å². The molecule has 2 nitrogen and oxygen atoms in total. The number of halogens is 4. The minimum atomic E-state index is -4.31. The molecule has 0 aliphatic heterocycles. The van der Waals surface area contributed by atoms with Gasteiger partial charge in [-0.05, 0) is 18.7 Å². The van der Waals surface area contributed by atoms with E-state index in [9.17, 15) is 13.2 Å². The Kier molecular flexibility index (Phi) is 4.87. The van der Waals surface area contributed by atoms with Gasteiger partial charge in [0.1, 0.15) is 0 Å². The molecular weight excluding hydrogens is 217 g/mol. The molecule has 80 valence electrons. The van der Waals surface area contributed by atoms with Gasteiger partial charge in [-0.25, -0.2) is 0 Å². The Hall–Kier alpha value is -0.810. The number of rotatable bonds is 2. The van der Waals surface area contributed by atoms with E-state index in [1.807, 2.05) is 0 Å². The Morgan fingerprint density at radius 1 is 1.29 bits per heavy atom. The summed E-state index contributed by atoms with van der Waals surface area (Å²) in [6, 6.07) is 2.35. The maximum absolute atomic E-state index is 12.0. The van der Waals surface area contributed by atoms with Crippen LogP contribution in [0.25, 0.3) is 0 Å². The van der Waals surface area contributed by atoms with Crippen LogP contribution in [-0.4, -0.2) is 11.5 Å². The van der Waals surface area contributed by atoms with E-state index in [4.69, 9.17) is 5.73 Å². The number of hydrogen-bond acceptors (Lipinski definition) is 2. The number of nitrogens with two attached hydrogens (primary N) is 1. The molecule has 0 saturated carbocycles. The summed E-state index contributed by atoms with van der Waals surface area (Å²) in [4.78, 5) is 3.63. The van der Waals surface area contributed by atoms with Gasteiger partial charge < -0.3 is 5.73 Å². The van der Waals surface area contributed by atoms with Crippen molar-refractivity contribution < 1.29 is 13.2 Å². The second-order valence-corrected chi connectivity index (χ2v) is 2.57. The fourth-order valence-electron chi connectivity index (χ4n) is 0.888. The first-order valence-corrected chi connectivity index (χ1v) is 3.76. The molecule has 0 aliphatic rings. The molecule has 0 radical (unpaired) electrons. The van der Waals surface area contributed by atoms with Gasteiger partial charge in [-0.1, -0.05) is 0 Å². The van der Waals surface area contributed by atoms with Gasteiger partial charge in [-0.2, -0.15) is 13.2 Å². The standard InChI is InChI=1S/C8H9F3N2.ClH/c9-8(10,11)6-1-2-7(3-4-12)13-5-6;/h1-2,5H,3-4,12H2;1H. The fourth-order valence-corrected chi connectivity index (χ4v) is 0.888. The van der Waals surface area contributed by atoms with Crippen LogP contribution in [0.1, 0.15) is 11.3 Å². The van der Waals surface area contributed by atoms with Crippen LogP contribution in [0.4, 0.5) is 13.2 Å². The van der Waals surface area contributed by atoms with E-state index in [1.165, 1.54) is 6.07 Å². The van der Waals surface area contributed by atoms with Crippen LogP contribution < -0.4 is 5.73 Å². The highest BCUT2D eigenvalue weighted by Gasteiger charge is 2.30. The molecule has 1 rings (SSSR count). The van der Waals surface area contributed by atoms with Crippen molar-refractivity contribution in [2.45, 2.75) is 12.6 Å². The van der Waals surface area contributed by atoms with Crippen LogP contribution in [-0.2, 0) is 12.6 Å². The van der Waals surface area contributed by atoms with Gasteiger partial charge in [0.15, 0.2) is 0 Å². The summed E-state index contributed by atoms with van der Waals surface area (Å²) in [6.07, 6.45) is -2.99. The van der Waals surface area contributed by atoms with E-state index in [0.29, 0.717) is 18.7 Å². The first-order valence-electron chi connectivity index (χ1n) is 3.76. The Morgan fingerprint density at radius 3 is 2.29 bits per heavy atom. The fraction of sp³-hybridized carbons (Fsp3) is 0.375. The summed E-state index contributed by atoms with van der Waals surface area (Å²) in [6.45, 7) is 0.387. The lowest BCUT2D eigenvalue weighted by Gasteiger charge is -2.05. The molecule has 0 unspecified atom stereocenters. The number of pyridine rings is 1. The summed E-state index contributed by atoms with van der Waals surface area (Å²) >= 11 is 0. The number of alkyl halides is 3. The summed E-state index contributed by atoms with van der Waals surface area (Å²) in [7, 11) is 0. The third-order valence-corrected chi connectivity index (χ3v) is 1.55. The Labute approximate surface area is 85.7 Å². The SMILES string of the molecule is Cl.NCCc1ccc(C(F)(F)F)cn1. The van der Waals surface area contributed by atoms with Crippen molar-refractivity contribution in [1.29, 1.82) is 0 Å². The highest BCUT2D eigenvalue weighted by Crippen LogP contribution is 2.28. The topological polar surface area (TPSA) is 38.9 Å². The van der Waals surface area contributed by atoms with Crippen molar-refractivity contribution >= 4 is 12.4 Å². The van der Waals surface area contributed by atoms with Crippen LogP contribution in [0.3, 0.4) is 0 Å². The molecule has 0 amide bonds. The second kappa shape index (κ2) is 5.17. The summed E-state index contributed by atoms with van der Waals surface area (Å²) in [5.41, 5.74) is 5.07. The number of nitrogens with zero attached hydrogens (tertiary/aromatic N) is 1. The Balaban J connectivity index is 0.00000169. The largest absolute Gasteiger partial charge is 0.417 e. The molecule has 0 bridgehead atoms. The average Bonchev–Trinajstić information content (AvgIpc) is 2.04. The summed E-state index contributed by atoms with van der Waals surface area (Å²) in [5, 5.41) is 0. The van der Waals surface area contributed by atoms with Crippen LogP contribution in [0.5, 0.6) is 0 Å². The summed E-state index contributed by atoms with van der Waals surface area (Å²) in [5.74, 6) is 0. The van der Waals surface area contributed by atoms with Gasteiger partial charge in [0.25, 0.3) is 0 Å². The molecule has 14 heavy (non-hydrogen) atoms. The van der Waals surface area contributed by atoms with Gasteiger partial charge in [-0.3, -0.25) is 4.98 Å². The predicted octanol–water partition coefficient (Wildman–Crippen LogP) is 2.02. The van der Waals surface area contributed by atoms with Gasteiger partial charge in [0, 0.05) is 18.3 Å². The predicted molar refractivity (Wildman–Crippen MR) is 49.2 cm³/mol. The third kappa shape index (κ3) is 3.51. The van der Waals surface area contributed by atoms with Crippen LogP contribution in [0.15, 0.2) is 18.3 Å². The highest BCUT2D eigenvalue weighted by atomic mass is 35.5. The quantitative estimate of drug-likeness (QED) is 0.838.